The number of hydrogen-bond acceptors (Lipinski definition) is 6. The van der Waals surface area contributed by atoms with Crippen LogP contribution in [0.3, 0.4) is 0 Å². The van der Waals surface area contributed by atoms with Crippen LogP contribution in [-0.2, 0) is 4.79 Å². The predicted molar refractivity (Wildman–Crippen MR) is 70.3 cm³/mol. The zero-order chi connectivity index (χ0) is 14.0. The van der Waals surface area contributed by atoms with Gasteiger partial charge in [0.1, 0.15) is 11.6 Å². The molecule has 8 nitrogen and oxygen atoms in total. The molecule has 0 saturated carbocycles. The van der Waals surface area contributed by atoms with E-state index in [1.54, 1.807) is 23.9 Å². The Bertz CT molecular complexity index is 519. The average molecular weight is 265 g/mol. The van der Waals surface area contributed by atoms with Crippen LogP contribution in [0.2, 0.25) is 0 Å². The highest BCUT2D eigenvalue weighted by Crippen LogP contribution is 2.23. The van der Waals surface area contributed by atoms with E-state index >= 15 is 0 Å². The fraction of sp³-hybridized carbons (Fsp3) is 0.455. The van der Waals surface area contributed by atoms with Gasteiger partial charge >= 0.3 is 0 Å². The third kappa shape index (κ3) is 2.72. The zero-order valence-corrected chi connectivity index (χ0v) is 10.8. The summed E-state index contributed by atoms with van der Waals surface area (Å²) >= 11 is 0. The first-order valence-electron chi connectivity index (χ1n) is 5.84. The van der Waals surface area contributed by atoms with E-state index in [-0.39, 0.29) is 18.1 Å². The summed E-state index contributed by atoms with van der Waals surface area (Å²) < 4.78 is 0. The summed E-state index contributed by atoms with van der Waals surface area (Å²) in [5.41, 5.74) is -0.0410. The van der Waals surface area contributed by atoms with E-state index in [1.165, 1.54) is 12.1 Å². The van der Waals surface area contributed by atoms with Crippen LogP contribution in [-0.4, -0.2) is 54.4 Å². The normalized spacial score (nSPS) is 15.6. The Labute approximate surface area is 110 Å². The smallest absolute Gasteiger partial charge is 0.276 e. The molecule has 0 atom stereocenters. The molecule has 2 heterocycles. The second-order valence-electron chi connectivity index (χ2n) is 4.31. The van der Waals surface area contributed by atoms with Gasteiger partial charge in [0, 0.05) is 27.2 Å². The summed E-state index contributed by atoms with van der Waals surface area (Å²) in [7, 11) is 3.38. The number of rotatable bonds is 3. The third-order valence-electron chi connectivity index (χ3n) is 3.04. The van der Waals surface area contributed by atoms with Crippen LogP contribution >= 0.6 is 0 Å². The third-order valence-corrected chi connectivity index (χ3v) is 3.04. The molecule has 1 aliphatic heterocycles. The lowest BCUT2D eigenvalue weighted by Crippen LogP contribution is -2.48. The van der Waals surface area contributed by atoms with Crippen molar-refractivity contribution in [2.45, 2.75) is 0 Å². The van der Waals surface area contributed by atoms with Crippen molar-refractivity contribution in [3.8, 4) is 0 Å². The van der Waals surface area contributed by atoms with Gasteiger partial charge in [-0.15, -0.1) is 0 Å². The molecule has 0 radical (unpaired) electrons. The van der Waals surface area contributed by atoms with Crippen molar-refractivity contribution < 1.29 is 9.72 Å². The summed E-state index contributed by atoms with van der Waals surface area (Å²) in [5, 5.41) is 13.7. The molecular formula is C11H15N5O3. The maximum absolute atomic E-state index is 11.7. The summed E-state index contributed by atoms with van der Waals surface area (Å²) in [4.78, 5) is 29.7. The van der Waals surface area contributed by atoms with Gasteiger partial charge in [0.25, 0.3) is 5.69 Å². The molecule has 1 saturated heterocycles. The fourth-order valence-electron chi connectivity index (χ4n) is 1.85. The summed E-state index contributed by atoms with van der Waals surface area (Å²) in [5.74, 6) is 0.834. The molecule has 0 unspecified atom stereocenters. The highest BCUT2D eigenvalue weighted by molar-refractivity contribution is 5.82. The monoisotopic (exact) mass is 265 g/mol. The molecule has 1 amide bonds. The van der Waals surface area contributed by atoms with Crippen molar-refractivity contribution in [3.05, 3.63) is 22.2 Å². The Balaban J connectivity index is 2.31. The quantitative estimate of drug-likeness (QED) is 0.624. The Morgan fingerprint density at radius 1 is 1.42 bits per heavy atom. The minimum Gasteiger partial charge on any atom is -0.373 e. The standard InChI is InChI=1S/C11H15N5O3/c1-12-9-5-8(16(18)19)6-10(13-9)15-4-3-14(2)11(17)7-15/h5-6H,3-4,7H2,1-2H3,(H,12,13). The molecule has 0 aliphatic carbocycles. The SMILES string of the molecule is CNc1cc([N+](=O)[O-])cc(N2CCN(C)C(=O)C2)n1. The van der Waals surface area contributed by atoms with Crippen LogP contribution in [0.1, 0.15) is 0 Å². The van der Waals surface area contributed by atoms with E-state index < -0.39 is 4.92 Å². The summed E-state index contributed by atoms with van der Waals surface area (Å²) in [6.07, 6.45) is 0. The molecule has 0 bridgehead atoms. The Kier molecular flexibility index (Phi) is 3.50. The van der Waals surface area contributed by atoms with Crippen molar-refractivity contribution in [1.29, 1.82) is 0 Å². The average Bonchev–Trinajstić information content (AvgIpc) is 2.41. The molecule has 1 aromatic rings. The molecule has 0 aromatic carbocycles. The molecule has 1 aromatic heterocycles. The van der Waals surface area contributed by atoms with Crippen molar-refractivity contribution in [2.24, 2.45) is 0 Å². The molecular weight excluding hydrogens is 250 g/mol. The second kappa shape index (κ2) is 5.09. The topological polar surface area (TPSA) is 91.6 Å². The number of hydrogen-bond donors (Lipinski definition) is 1. The summed E-state index contributed by atoms with van der Waals surface area (Å²) in [6.45, 7) is 1.38. The van der Waals surface area contributed by atoms with E-state index in [0.29, 0.717) is 24.7 Å². The lowest BCUT2D eigenvalue weighted by molar-refractivity contribution is -0.384. The molecule has 8 heteroatoms. The molecule has 1 N–H and O–H groups in total. The fourth-order valence-corrected chi connectivity index (χ4v) is 1.85. The van der Waals surface area contributed by atoms with Gasteiger partial charge in [-0.25, -0.2) is 4.98 Å². The van der Waals surface area contributed by atoms with Crippen molar-refractivity contribution in [3.63, 3.8) is 0 Å². The summed E-state index contributed by atoms with van der Waals surface area (Å²) in [6, 6.07) is 2.75. The number of carbonyl (C=O) groups excluding carboxylic acids is 1. The molecule has 2 rings (SSSR count). The van der Waals surface area contributed by atoms with Gasteiger partial charge in [0.2, 0.25) is 5.91 Å². The van der Waals surface area contributed by atoms with Gasteiger partial charge in [-0.05, 0) is 0 Å². The minimum absolute atomic E-state index is 0.0226. The Hall–Kier alpha value is -2.38. The number of piperazine rings is 1. The lowest BCUT2D eigenvalue weighted by Gasteiger charge is -2.32. The van der Waals surface area contributed by atoms with E-state index in [4.69, 9.17) is 0 Å². The van der Waals surface area contributed by atoms with Gasteiger partial charge in [0.05, 0.1) is 23.6 Å². The maximum Gasteiger partial charge on any atom is 0.276 e. The minimum atomic E-state index is -0.468. The molecule has 0 spiro atoms. The van der Waals surface area contributed by atoms with Crippen LogP contribution in [0.15, 0.2) is 12.1 Å². The number of amides is 1. The number of carbonyl (C=O) groups is 1. The maximum atomic E-state index is 11.7. The largest absolute Gasteiger partial charge is 0.373 e. The molecule has 19 heavy (non-hydrogen) atoms. The van der Waals surface area contributed by atoms with Gasteiger partial charge in [-0.1, -0.05) is 0 Å². The number of pyridine rings is 1. The highest BCUT2D eigenvalue weighted by atomic mass is 16.6. The molecule has 1 aliphatic rings. The van der Waals surface area contributed by atoms with Gasteiger partial charge < -0.3 is 15.1 Å². The predicted octanol–water partition coefficient (Wildman–Crippen LogP) is 0.310. The first-order chi connectivity index (χ1) is 9.01. The van der Waals surface area contributed by atoms with E-state index in [2.05, 4.69) is 10.3 Å². The number of nitrogens with one attached hydrogen (secondary N) is 1. The molecule has 102 valence electrons. The van der Waals surface area contributed by atoms with E-state index in [9.17, 15) is 14.9 Å². The van der Waals surface area contributed by atoms with Crippen molar-refractivity contribution >= 4 is 23.2 Å². The van der Waals surface area contributed by atoms with Crippen molar-refractivity contribution in [1.82, 2.24) is 9.88 Å². The first kappa shape index (κ1) is 13.1. The van der Waals surface area contributed by atoms with Crippen LogP contribution in [0.4, 0.5) is 17.3 Å². The lowest BCUT2D eigenvalue weighted by atomic mass is 10.3. The van der Waals surface area contributed by atoms with Crippen LogP contribution in [0, 0.1) is 10.1 Å². The van der Waals surface area contributed by atoms with Crippen LogP contribution in [0.25, 0.3) is 0 Å². The van der Waals surface area contributed by atoms with Gasteiger partial charge in [-0.2, -0.15) is 0 Å². The Morgan fingerprint density at radius 2 is 2.16 bits per heavy atom. The highest BCUT2D eigenvalue weighted by Gasteiger charge is 2.23. The van der Waals surface area contributed by atoms with Crippen LogP contribution in [0.5, 0.6) is 0 Å². The number of likely N-dealkylation sites (N-methyl/N-ethyl adjacent to an activating group) is 1. The van der Waals surface area contributed by atoms with E-state index in [1.807, 2.05) is 0 Å². The zero-order valence-electron chi connectivity index (χ0n) is 10.8. The van der Waals surface area contributed by atoms with E-state index in [0.717, 1.165) is 0 Å². The van der Waals surface area contributed by atoms with Crippen molar-refractivity contribution in [2.75, 3.05) is 43.9 Å². The number of aromatic nitrogens is 1. The van der Waals surface area contributed by atoms with Gasteiger partial charge in [-0.3, -0.25) is 14.9 Å². The number of nitrogens with zero attached hydrogens (tertiary/aromatic N) is 4. The number of nitro groups is 1. The Morgan fingerprint density at radius 3 is 2.74 bits per heavy atom. The second-order valence-corrected chi connectivity index (χ2v) is 4.31. The van der Waals surface area contributed by atoms with Crippen LogP contribution < -0.4 is 10.2 Å². The number of anilines is 2. The van der Waals surface area contributed by atoms with Gasteiger partial charge in [0.15, 0.2) is 0 Å². The first-order valence-corrected chi connectivity index (χ1v) is 5.84. The molecule has 1 fully saturated rings.